The summed E-state index contributed by atoms with van der Waals surface area (Å²) < 4.78 is 1.27. The molecule has 0 aliphatic rings. The number of benzene rings is 1. The molecule has 0 atom stereocenters. The number of hydrogen-bond donors (Lipinski definition) is 1. The molecule has 3 aromatic rings. The van der Waals surface area contributed by atoms with E-state index in [4.69, 9.17) is 0 Å². The molecule has 112 valence electrons. The average Bonchev–Trinajstić information content (AvgIpc) is 3.03. The number of amides is 1. The fourth-order valence-corrected chi connectivity index (χ4v) is 2.78. The fourth-order valence-electron chi connectivity index (χ4n) is 2.11. The van der Waals surface area contributed by atoms with Crippen LogP contribution in [0.25, 0.3) is 10.9 Å². The van der Waals surface area contributed by atoms with Crippen LogP contribution >= 0.6 is 11.3 Å². The Morgan fingerprint density at radius 3 is 2.95 bits per heavy atom. The molecule has 1 N–H and O–H groups in total. The number of aromatic nitrogens is 3. The van der Waals surface area contributed by atoms with Crippen molar-refractivity contribution in [2.24, 2.45) is 0 Å². The molecular formula is C15H14N4O2S. The third kappa shape index (κ3) is 3.20. The lowest BCUT2D eigenvalue weighted by atomic mass is 10.2. The van der Waals surface area contributed by atoms with Crippen molar-refractivity contribution >= 4 is 28.1 Å². The van der Waals surface area contributed by atoms with Gasteiger partial charge in [-0.3, -0.25) is 9.59 Å². The van der Waals surface area contributed by atoms with Crippen LogP contribution in [0.3, 0.4) is 0 Å². The standard InChI is InChI=1S/C15H14N4O2S/c20-14(9-11-5-8-22-10-11)16-6-7-19-15(21)12-3-1-2-4-13(12)17-18-19/h1-5,8,10H,6-7,9H2,(H,16,20). The van der Waals surface area contributed by atoms with Gasteiger partial charge in [-0.25, -0.2) is 4.68 Å². The Hall–Kier alpha value is -2.54. The van der Waals surface area contributed by atoms with Crippen LogP contribution in [0.4, 0.5) is 0 Å². The number of hydrogen-bond acceptors (Lipinski definition) is 5. The van der Waals surface area contributed by atoms with Gasteiger partial charge in [0, 0.05) is 6.54 Å². The van der Waals surface area contributed by atoms with Gasteiger partial charge in [-0.15, -0.1) is 5.10 Å². The lowest BCUT2D eigenvalue weighted by Crippen LogP contribution is -2.33. The second-order valence-corrected chi connectivity index (χ2v) is 5.57. The normalized spacial score (nSPS) is 10.7. The first-order chi connectivity index (χ1) is 10.7. The fraction of sp³-hybridized carbons (Fsp3) is 0.200. The van der Waals surface area contributed by atoms with Gasteiger partial charge in [-0.1, -0.05) is 17.3 Å². The molecule has 0 saturated carbocycles. The summed E-state index contributed by atoms with van der Waals surface area (Å²) in [4.78, 5) is 24.0. The number of thiophene rings is 1. The quantitative estimate of drug-likeness (QED) is 0.768. The van der Waals surface area contributed by atoms with Crippen LogP contribution in [-0.2, 0) is 17.8 Å². The first-order valence-electron chi connectivity index (χ1n) is 6.84. The highest BCUT2D eigenvalue weighted by molar-refractivity contribution is 7.07. The van der Waals surface area contributed by atoms with E-state index in [9.17, 15) is 9.59 Å². The Morgan fingerprint density at radius 2 is 2.14 bits per heavy atom. The average molecular weight is 314 g/mol. The molecule has 1 amide bonds. The van der Waals surface area contributed by atoms with E-state index in [1.165, 1.54) is 4.68 Å². The molecule has 7 heteroatoms. The van der Waals surface area contributed by atoms with Gasteiger partial charge in [-0.05, 0) is 34.5 Å². The second kappa shape index (κ2) is 6.48. The maximum Gasteiger partial charge on any atom is 0.277 e. The largest absolute Gasteiger partial charge is 0.354 e. The van der Waals surface area contributed by atoms with Gasteiger partial charge in [0.1, 0.15) is 5.52 Å². The molecule has 0 fully saturated rings. The minimum Gasteiger partial charge on any atom is -0.354 e. The Balaban J connectivity index is 1.61. The van der Waals surface area contributed by atoms with Crippen molar-refractivity contribution in [2.45, 2.75) is 13.0 Å². The lowest BCUT2D eigenvalue weighted by Gasteiger charge is -2.06. The molecule has 22 heavy (non-hydrogen) atoms. The van der Waals surface area contributed by atoms with Crippen molar-refractivity contribution in [1.82, 2.24) is 20.3 Å². The van der Waals surface area contributed by atoms with E-state index in [2.05, 4.69) is 15.6 Å². The zero-order valence-electron chi connectivity index (χ0n) is 11.7. The van der Waals surface area contributed by atoms with Gasteiger partial charge in [0.25, 0.3) is 5.56 Å². The Kier molecular flexibility index (Phi) is 4.24. The van der Waals surface area contributed by atoms with Crippen molar-refractivity contribution in [3.05, 3.63) is 57.0 Å². The zero-order valence-corrected chi connectivity index (χ0v) is 12.5. The molecule has 0 aliphatic heterocycles. The van der Waals surface area contributed by atoms with E-state index < -0.39 is 0 Å². The van der Waals surface area contributed by atoms with Crippen LogP contribution in [0.2, 0.25) is 0 Å². The smallest absolute Gasteiger partial charge is 0.277 e. The first-order valence-corrected chi connectivity index (χ1v) is 7.78. The number of fused-ring (bicyclic) bond motifs is 1. The molecule has 2 heterocycles. The summed E-state index contributed by atoms with van der Waals surface area (Å²) in [5.41, 5.74) is 1.37. The van der Waals surface area contributed by atoms with Crippen LogP contribution in [0.5, 0.6) is 0 Å². The molecule has 0 bridgehead atoms. The summed E-state index contributed by atoms with van der Waals surface area (Å²) in [7, 11) is 0. The summed E-state index contributed by atoms with van der Waals surface area (Å²) in [5.74, 6) is -0.0693. The van der Waals surface area contributed by atoms with E-state index in [0.717, 1.165) is 5.56 Å². The first kappa shape index (κ1) is 14.4. The summed E-state index contributed by atoms with van der Waals surface area (Å²) in [6, 6.07) is 8.99. The van der Waals surface area contributed by atoms with Gasteiger partial charge in [0.15, 0.2) is 0 Å². The van der Waals surface area contributed by atoms with Crippen molar-refractivity contribution in [3.63, 3.8) is 0 Å². The number of rotatable bonds is 5. The molecule has 6 nitrogen and oxygen atoms in total. The molecule has 0 radical (unpaired) electrons. The minimum atomic E-state index is -0.197. The number of carbonyl (C=O) groups is 1. The van der Waals surface area contributed by atoms with E-state index in [0.29, 0.717) is 30.4 Å². The Labute approximate surface area is 130 Å². The van der Waals surface area contributed by atoms with Gasteiger partial charge in [0.05, 0.1) is 18.4 Å². The molecule has 0 saturated heterocycles. The number of nitrogens with one attached hydrogen (secondary N) is 1. The highest BCUT2D eigenvalue weighted by atomic mass is 32.1. The van der Waals surface area contributed by atoms with E-state index >= 15 is 0 Å². The highest BCUT2D eigenvalue weighted by Crippen LogP contribution is 2.06. The van der Waals surface area contributed by atoms with Crippen LogP contribution in [-0.4, -0.2) is 27.4 Å². The number of nitrogens with zero attached hydrogens (tertiary/aromatic N) is 3. The minimum absolute atomic E-state index is 0.0693. The lowest BCUT2D eigenvalue weighted by molar-refractivity contribution is -0.120. The molecule has 0 unspecified atom stereocenters. The summed E-state index contributed by atoms with van der Waals surface area (Å²) in [5, 5.41) is 15.1. The molecular weight excluding hydrogens is 300 g/mol. The van der Waals surface area contributed by atoms with Gasteiger partial charge in [-0.2, -0.15) is 11.3 Å². The maximum atomic E-state index is 12.2. The molecule has 0 aliphatic carbocycles. The third-order valence-corrected chi connectivity index (χ3v) is 3.95. The van der Waals surface area contributed by atoms with Gasteiger partial charge >= 0.3 is 0 Å². The predicted octanol–water partition coefficient (Wildman–Crippen LogP) is 1.21. The third-order valence-electron chi connectivity index (χ3n) is 3.22. The van der Waals surface area contributed by atoms with Crippen molar-refractivity contribution < 1.29 is 4.79 Å². The molecule has 0 spiro atoms. The summed E-state index contributed by atoms with van der Waals surface area (Å²) >= 11 is 1.56. The molecule has 2 aromatic heterocycles. The van der Waals surface area contributed by atoms with E-state index in [1.54, 1.807) is 29.5 Å². The van der Waals surface area contributed by atoms with Crippen molar-refractivity contribution in [2.75, 3.05) is 6.54 Å². The van der Waals surface area contributed by atoms with Crippen molar-refractivity contribution in [1.29, 1.82) is 0 Å². The summed E-state index contributed by atoms with van der Waals surface area (Å²) in [6.07, 6.45) is 0.349. The van der Waals surface area contributed by atoms with E-state index in [-0.39, 0.29) is 11.5 Å². The van der Waals surface area contributed by atoms with Crippen LogP contribution in [0.1, 0.15) is 5.56 Å². The van der Waals surface area contributed by atoms with Crippen molar-refractivity contribution in [3.8, 4) is 0 Å². The maximum absolute atomic E-state index is 12.2. The number of carbonyl (C=O) groups excluding carboxylic acids is 1. The van der Waals surface area contributed by atoms with Crippen LogP contribution in [0, 0.1) is 0 Å². The topological polar surface area (TPSA) is 76.9 Å². The molecule has 1 aromatic carbocycles. The predicted molar refractivity (Wildman–Crippen MR) is 84.8 cm³/mol. The van der Waals surface area contributed by atoms with E-state index in [1.807, 2.05) is 22.9 Å². The summed E-state index contributed by atoms with van der Waals surface area (Å²) in [6.45, 7) is 0.641. The Bertz CT molecular complexity index is 842. The SMILES string of the molecule is O=C(Cc1ccsc1)NCCn1nnc2ccccc2c1=O. The molecule has 3 rings (SSSR count). The van der Waals surface area contributed by atoms with Gasteiger partial charge in [0.2, 0.25) is 5.91 Å². The Morgan fingerprint density at radius 1 is 1.27 bits per heavy atom. The second-order valence-electron chi connectivity index (χ2n) is 4.79. The van der Waals surface area contributed by atoms with Crippen LogP contribution < -0.4 is 10.9 Å². The monoisotopic (exact) mass is 314 g/mol. The zero-order chi connectivity index (χ0) is 15.4. The van der Waals surface area contributed by atoms with Crippen LogP contribution in [0.15, 0.2) is 45.9 Å². The van der Waals surface area contributed by atoms with Gasteiger partial charge < -0.3 is 5.32 Å². The highest BCUT2D eigenvalue weighted by Gasteiger charge is 2.06.